The molecule has 0 saturated heterocycles. The third-order valence-corrected chi connectivity index (χ3v) is 5.73. The van der Waals surface area contributed by atoms with Gasteiger partial charge in [0, 0.05) is 18.1 Å². The maximum atomic E-state index is 13.2. The number of carbonyl (C=O) groups is 1. The predicted octanol–water partition coefficient (Wildman–Crippen LogP) is 5.49. The van der Waals surface area contributed by atoms with Crippen molar-refractivity contribution in [1.82, 2.24) is 4.90 Å². The molecule has 3 aromatic rings. The molecule has 0 saturated carbocycles. The van der Waals surface area contributed by atoms with Gasteiger partial charge in [0.15, 0.2) is 5.76 Å². The van der Waals surface area contributed by atoms with Gasteiger partial charge in [-0.15, -0.1) is 0 Å². The maximum Gasteiger partial charge on any atom is 0.231 e. The lowest BCUT2D eigenvalue weighted by molar-refractivity contribution is 0.0950. The van der Waals surface area contributed by atoms with Crippen LogP contribution in [0.1, 0.15) is 27.0 Å². The monoisotopic (exact) mass is 435 g/mol. The fraction of sp³-hybridized carbons (Fsp3) is 0.160. The summed E-state index contributed by atoms with van der Waals surface area (Å²) in [6.07, 6.45) is 2.50. The van der Waals surface area contributed by atoms with Crippen molar-refractivity contribution < 1.29 is 18.7 Å². The number of halogens is 2. The van der Waals surface area contributed by atoms with Gasteiger partial charge in [0.05, 0.1) is 11.1 Å². The summed E-state index contributed by atoms with van der Waals surface area (Å²) in [5.41, 5.74) is 3.29. The number of allylic oxidation sites excluding steroid dienone is 1. The van der Waals surface area contributed by atoms with Gasteiger partial charge in [-0.05, 0) is 60.0 Å². The van der Waals surface area contributed by atoms with Crippen LogP contribution in [0.3, 0.4) is 0 Å². The molecule has 2 aliphatic heterocycles. The number of Topliss-reactive ketones (excluding diaryl/α,β-unsaturated/α-hetero) is 1. The molecule has 3 aromatic carbocycles. The fourth-order valence-electron chi connectivity index (χ4n) is 3.80. The first-order chi connectivity index (χ1) is 15.1. The van der Waals surface area contributed by atoms with Gasteiger partial charge in [-0.2, -0.15) is 0 Å². The summed E-state index contributed by atoms with van der Waals surface area (Å²) < 4.78 is 25.1. The Bertz CT molecular complexity index is 1170. The van der Waals surface area contributed by atoms with E-state index in [0.29, 0.717) is 30.2 Å². The lowest BCUT2D eigenvalue weighted by Crippen LogP contribution is -2.33. The van der Waals surface area contributed by atoms with Crippen LogP contribution < -0.4 is 9.47 Å². The highest BCUT2D eigenvalue weighted by atomic mass is 35.5. The SMILES string of the molecule is O=C1/C(=C/c2ccc(F)cc2)Oc2c1ccc1c2CN(CCc2ccc(Cl)cc2)CO1. The summed E-state index contributed by atoms with van der Waals surface area (Å²) >= 11 is 5.96. The van der Waals surface area contributed by atoms with E-state index in [1.807, 2.05) is 30.3 Å². The van der Waals surface area contributed by atoms with E-state index < -0.39 is 0 Å². The Labute approximate surface area is 184 Å². The first-order valence-electron chi connectivity index (χ1n) is 10.0. The van der Waals surface area contributed by atoms with E-state index in [1.54, 1.807) is 24.3 Å². The molecule has 5 rings (SSSR count). The molecular formula is C25H19ClFNO3. The van der Waals surface area contributed by atoms with E-state index in [2.05, 4.69) is 4.90 Å². The molecule has 0 N–H and O–H groups in total. The molecule has 0 aromatic heterocycles. The minimum absolute atomic E-state index is 0.180. The second-order valence-corrected chi connectivity index (χ2v) is 8.05. The summed E-state index contributed by atoms with van der Waals surface area (Å²) in [6, 6.07) is 17.3. The number of nitrogens with zero attached hydrogens (tertiary/aromatic N) is 1. The van der Waals surface area contributed by atoms with E-state index in [0.717, 1.165) is 29.3 Å². The molecule has 31 heavy (non-hydrogen) atoms. The number of benzene rings is 3. The van der Waals surface area contributed by atoms with Crippen molar-refractivity contribution in [2.24, 2.45) is 0 Å². The molecule has 2 aliphatic rings. The number of hydrogen-bond donors (Lipinski definition) is 0. The fourth-order valence-corrected chi connectivity index (χ4v) is 3.92. The molecule has 0 aliphatic carbocycles. The number of rotatable bonds is 4. The average Bonchev–Trinajstić information content (AvgIpc) is 3.10. The van der Waals surface area contributed by atoms with Gasteiger partial charge in [-0.25, -0.2) is 4.39 Å². The number of hydrogen-bond acceptors (Lipinski definition) is 4. The van der Waals surface area contributed by atoms with Crippen molar-refractivity contribution in [1.29, 1.82) is 0 Å². The normalized spacial score (nSPS) is 16.6. The lowest BCUT2D eigenvalue weighted by Gasteiger charge is -2.29. The van der Waals surface area contributed by atoms with Crippen molar-refractivity contribution in [3.63, 3.8) is 0 Å². The van der Waals surface area contributed by atoms with Gasteiger partial charge in [0.1, 0.15) is 24.0 Å². The van der Waals surface area contributed by atoms with Crippen LogP contribution >= 0.6 is 11.6 Å². The molecule has 156 valence electrons. The van der Waals surface area contributed by atoms with Crippen LogP contribution in [-0.4, -0.2) is 24.0 Å². The van der Waals surface area contributed by atoms with Crippen molar-refractivity contribution in [2.45, 2.75) is 13.0 Å². The topological polar surface area (TPSA) is 38.8 Å². The third kappa shape index (κ3) is 4.07. The highest BCUT2D eigenvalue weighted by molar-refractivity contribution is 6.30. The Morgan fingerprint density at radius 3 is 2.58 bits per heavy atom. The van der Waals surface area contributed by atoms with E-state index in [1.165, 1.54) is 17.7 Å². The molecule has 0 fully saturated rings. The van der Waals surface area contributed by atoms with Gasteiger partial charge in [-0.3, -0.25) is 9.69 Å². The second-order valence-electron chi connectivity index (χ2n) is 7.61. The van der Waals surface area contributed by atoms with Gasteiger partial charge in [-0.1, -0.05) is 35.9 Å². The van der Waals surface area contributed by atoms with Crippen molar-refractivity contribution in [2.75, 3.05) is 13.3 Å². The molecule has 0 radical (unpaired) electrons. The number of ether oxygens (including phenoxy) is 2. The Kier molecular flexibility index (Phi) is 5.22. The van der Waals surface area contributed by atoms with Crippen LogP contribution in [0.4, 0.5) is 4.39 Å². The van der Waals surface area contributed by atoms with E-state index >= 15 is 0 Å². The van der Waals surface area contributed by atoms with Crippen molar-refractivity contribution in [3.05, 3.63) is 99.5 Å². The second kappa shape index (κ2) is 8.17. The quantitative estimate of drug-likeness (QED) is 0.508. The number of ketones is 1. The lowest BCUT2D eigenvalue weighted by atomic mass is 10.0. The summed E-state index contributed by atoms with van der Waals surface area (Å²) in [4.78, 5) is 15.0. The van der Waals surface area contributed by atoms with Gasteiger partial charge >= 0.3 is 0 Å². The van der Waals surface area contributed by atoms with Crippen LogP contribution in [0.5, 0.6) is 11.5 Å². The molecule has 0 spiro atoms. The molecule has 4 nitrogen and oxygen atoms in total. The predicted molar refractivity (Wildman–Crippen MR) is 117 cm³/mol. The molecule has 6 heteroatoms. The standard InChI is InChI=1S/C25H19ClFNO3/c26-18-5-1-16(2-6-18)11-12-28-14-21-22(30-15-28)10-9-20-24(29)23(31-25(20)21)13-17-3-7-19(27)8-4-17/h1-10,13H,11-12,14-15H2/b23-13-. The third-order valence-electron chi connectivity index (χ3n) is 5.48. The van der Waals surface area contributed by atoms with E-state index in [4.69, 9.17) is 21.1 Å². The van der Waals surface area contributed by atoms with Crippen molar-refractivity contribution >= 4 is 23.5 Å². The Morgan fingerprint density at radius 2 is 1.81 bits per heavy atom. The first kappa shape index (κ1) is 19.8. The number of carbonyl (C=O) groups excluding carboxylic acids is 1. The molecule has 0 atom stereocenters. The van der Waals surface area contributed by atoms with Crippen LogP contribution in [0.15, 0.2) is 66.4 Å². The van der Waals surface area contributed by atoms with Crippen LogP contribution in [0, 0.1) is 5.82 Å². The zero-order valence-electron chi connectivity index (χ0n) is 16.6. The zero-order valence-corrected chi connectivity index (χ0v) is 17.4. The summed E-state index contributed by atoms with van der Waals surface area (Å²) in [6.45, 7) is 1.91. The highest BCUT2D eigenvalue weighted by Crippen LogP contribution is 2.42. The summed E-state index contributed by atoms with van der Waals surface area (Å²) in [5.74, 6) is 1.01. The maximum absolute atomic E-state index is 13.2. The summed E-state index contributed by atoms with van der Waals surface area (Å²) in [5, 5.41) is 0.723. The van der Waals surface area contributed by atoms with Crippen molar-refractivity contribution in [3.8, 4) is 11.5 Å². The molecule has 0 bridgehead atoms. The summed E-state index contributed by atoms with van der Waals surface area (Å²) in [7, 11) is 0. The van der Waals surface area contributed by atoms with Gasteiger partial charge in [0.25, 0.3) is 0 Å². The Morgan fingerprint density at radius 1 is 1.03 bits per heavy atom. The van der Waals surface area contributed by atoms with Gasteiger partial charge in [0.2, 0.25) is 5.78 Å². The smallest absolute Gasteiger partial charge is 0.231 e. The molecular weight excluding hydrogens is 417 g/mol. The average molecular weight is 436 g/mol. The first-order valence-corrected chi connectivity index (χ1v) is 10.4. The van der Waals surface area contributed by atoms with Gasteiger partial charge < -0.3 is 9.47 Å². The Hall–Kier alpha value is -3.15. The van der Waals surface area contributed by atoms with Crippen LogP contribution in [-0.2, 0) is 13.0 Å². The number of fused-ring (bicyclic) bond motifs is 3. The minimum Gasteiger partial charge on any atom is -0.478 e. The zero-order chi connectivity index (χ0) is 21.4. The Balaban J connectivity index is 1.35. The van der Waals surface area contributed by atoms with E-state index in [9.17, 15) is 9.18 Å². The molecule has 0 amide bonds. The van der Waals surface area contributed by atoms with E-state index in [-0.39, 0.29) is 17.4 Å². The highest BCUT2D eigenvalue weighted by Gasteiger charge is 2.33. The molecule has 2 heterocycles. The van der Waals surface area contributed by atoms with Crippen LogP contribution in [0.2, 0.25) is 5.02 Å². The largest absolute Gasteiger partial charge is 0.478 e. The van der Waals surface area contributed by atoms with Crippen LogP contribution in [0.25, 0.3) is 6.08 Å². The molecule has 0 unspecified atom stereocenters. The minimum atomic E-state index is -0.325.